The molecule has 1 aliphatic rings. The number of aromatic nitrogens is 1. The molecular weight excluding hydrogens is 314 g/mol. The first-order chi connectivity index (χ1) is 11.2. The van der Waals surface area contributed by atoms with Crippen LogP contribution in [0.25, 0.3) is 10.9 Å². The molecule has 0 bridgehead atoms. The lowest BCUT2D eigenvalue weighted by molar-refractivity contribution is -0.117. The predicted octanol–water partition coefficient (Wildman–Crippen LogP) is 3.89. The Hall–Kier alpha value is -2.24. The van der Waals surface area contributed by atoms with Crippen LogP contribution in [-0.4, -0.2) is 37.1 Å². The molecular formula is C18H20F2N2O2. The summed E-state index contributed by atoms with van der Waals surface area (Å²) in [6.45, 7) is 3.69. The highest BCUT2D eigenvalue weighted by atomic mass is 19.3. The first-order valence-corrected chi connectivity index (χ1v) is 7.85. The smallest absolute Gasteiger partial charge is 0.338 e. The van der Waals surface area contributed by atoms with Crippen LogP contribution in [0.4, 0.5) is 14.5 Å². The van der Waals surface area contributed by atoms with Crippen LogP contribution in [0.15, 0.2) is 30.5 Å². The molecule has 0 unspecified atom stereocenters. The van der Waals surface area contributed by atoms with Crippen molar-refractivity contribution in [3.8, 4) is 0 Å². The molecule has 0 N–H and O–H groups in total. The van der Waals surface area contributed by atoms with Crippen molar-refractivity contribution in [2.45, 2.75) is 26.2 Å². The van der Waals surface area contributed by atoms with E-state index in [1.165, 1.54) is 7.11 Å². The van der Waals surface area contributed by atoms with Crippen LogP contribution in [0.5, 0.6) is 0 Å². The number of pyridine rings is 1. The average molecular weight is 334 g/mol. The Morgan fingerprint density at radius 1 is 1.29 bits per heavy atom. The van der Waals surface area contributed by atoms with E-state index in [9.17, 15) is 13.6 Å². The van der Waals surface area contributed by atoms with Gasteiger partial charge in [-0.2, -0.15) is 0 Å². The summed E-state index contributed by atoms with van der Waals surface area (Å²) in [6, 6.07) is 7.09. The van der Waals surface area contributed by atoms with Gasteiger partial charge in [-0.3, -0.25) is 4.98 Å². The summed E-state index contributed by atoms with van der Waals surface area (Å²) in [4.78, 5) is 18.1. The van der Waals surface area contributed by atoms with Gasteiger partial charge < -0.3 is 9.64 Å². The molecule has 0 radical (unpaired) electrons. The van der Waals surface area contributed by atoms with Crippen molar-refractivity contribution in [2.75, 3.05) is 25.1 Å². The molecule has 0 saturated carbocycles. The highest BCUT2D eigenvalue weighted by Gasteiger charge is 2.50. The minimum absolute atomic E-state index is 0.186. The number of esters is 1. The van der Waals surface area contributed by atoms with E-state index in [4.69, 9.17) is 4.74 Å². The third kappa shape index (κ3) is 2.70. The molecule has 1 fully saturated rings. The quantitative estimate of drug-likeness (QED) is 0.782. The van der Waals surface area contributed by atoms with Gasteiger partial charge in [-0.25, -0.2) is 13.6 Å². The Morgan fingerprint density at radius 3 is 2.71 bits per heavy atom. The van der Waals surface area contributed by atoms with Gasteiger partial charge in [0, 0.05) is 42.2 Å². The molecule has 0 spiro atoms. The summed E-state index contributed by atoms with van der Waals surface area (Å²) in [5, 5.41) is 0.664. The number of carbonyl (C=O) groups excluding carboxylic acids is 1. The molecule has 2 aromatic rings. The van der Waals surface area contributed by atoms with Crippen LogP contribution in [0, 0.1) is 5.41 Å². The Labute approximate surface area is 139 Å². The highest BCUT2D eigenvalue weighted by molar-refractivity contribution is 6.04. The number of piperidine rings is 1. The van der Waals surface area contributed by atoms with E-state index in [0.717, 1.165) is 5.69 Å². The SMILES string of the molecule is COC(=O)c1ccnc2ccc(N3CCC(F)(F)C(C)(C)C3)cc12. The average Bonchev–Trinajstić information content (AvgIpc) is 2.55. The molecule has 1 aromatic heterocycles. The van der Waals surface area contributed by atoms with Crippen LogP contribution in [0.2, 0.25) is 0 Å². The second-order valence-corrected chi connectivity index (χ2v) is 6.81. The van der Waals surface area contributed by atoms with Crippen molar-refractivity contribution in [1.29, 1.82) is 0 Å². The minimum Gasteiger partial charge on any atom is -0.465 e. The summed E-state index contributed by atoms with van der Waals surface area (Å²) in [5.74, 6) is -3.12. The fourth-order valence-electron chi connectivity index (χ4n) is 3.12. The molecule has 4 nitrogen and oxygen atoms in total. The van der Waals surface area contributed by atoms with Gasteiger partial charge in [0.1, 0.15) is 0 Å². The standard InChI is InChI=1S/C18H20F2N2O2/c1-17(2)11-22(9-7-18(17,19)20)12-4-5-15-14(10-12)13(6-8-21-15)16(23)24-3/h4-6,8,10H,7,9,11H2,1-3H3. The van der Waals surface area contributed by atoms with E-state index >= 15 is 0 Å². The molecule has 1 aromatic carbocycles. The molecule has 0 atom stereocenters. The number of ether oxygens (including phenoxy) is 1. The van der Waals surface area contributed by atoms with Crippen LogP contribution in [0.1, 0.15) is 30.6 Å². The van der Waals surface area contributed by atoms with Crippen LogP contribution in [-0.2, 0) is 4.74 Å². The second-order valence-electron chi connectivity index (χ2n) is 6.81. The van der Waals surface area contributed by atoms with E-state index in [-0.39, 0.29) is 19.5 Å². The third-order valence-corrected chi connectivity index (χ3v) is 4.77. The Bertz CT molecular complexity index is 790. The predicted molar refractivity (Wildman–Crippen MR) is 88.6 cm³/mol. The van der Waals surface area contributed by atoms with Crippen molar-refractivity contribution >= 4 is 22.6 Å². The summed E-state index contributed by atoms with van der Waals surface area (Å²) in [6.07, 6.45) is 1.37. The highest BCUT2D eigenvalue weighted by Crippen LogP contribution is 2.44. The molecule has 1 saturated heterocycles. The van der Waals surface area contributed by atoms with Crippen molar-refractivity contribution in [1.82, 2.24) is 4.98 Å². The lowest BCUT2D eigenvalue weighted by Gasteiger charge is -2.45. The van der Waals surface area contributed by atoms with Crippen LogP contribution >= 0.6 is 0 Å². The van der Waals surface area contributed by atoms with Crippen molar-refractivity contribution in [3.05, 3.63) is 36.0 Å². The van der Waals surface area contributed by atoms with Gasteiger partial charge in [-0.05, 0) is 24.3 Å². The molecule has 24 heavy (non-hydrogen) atoms. The minimum atomic E-state index is -2.68. The summed E-state index contributed by atoms with van der Waals surface area (Å²) < 4.78 is 32.9. The molecule has 6 heteroatoms. The number of hydrogen-bond acceptors (Lipinski definition) is 4. The first kappa shape index (κ1) is 16.6. The molecule has 2 heterocycles. The Morgan fingerprint density at radius 2 is 2.04 bits per heavy atom. The first-order valence-electron chi connectivity index (χ1n) is 7.85. The molecule has 128 valence electrons. The number of methoxy groups -OCH3 is 1. The number of carbonyl (C=O) groups is 1. The lowest BCUT2D eigenvalue weighted by Crippen LogP contribution is -2.52. The topological polar surface area (TPSA) is 42.4 Å². The summed E-state index contributed by atoms with van der Waals surface area (Å²) in [5.41, 5.74) is 0.791. The molecule has 0 amide bonds. The lowest BCUT2D eigenvalue weighted by atomic mass is 9.80. The van der Waals surface area contributed by atoms with Gasteiger partial charge in [0.2, 0.25) is 0 Å². The van der Waals surface area contributed by atoms with Crippen molar-refractivity contribution in [2.24, 2.45) is 5.41 Å². The van der Waals surface area contributed by atoms with Crippen LogP contribution in [0.3, 0.4) is 0 Å². The van der Waals surface area contributed by atoms with E-state index in [1.54, 1.807) is 32.2 Å². The van der Waals surface area contributed by atoms with Crippen molar-refractivity contribution < 1.29 is 18.3 Å². The summed E-state index contributed by atoms with van der Waals surface area (Å²) >= 11 is 0. The zero-order chi connectivity index (χ0) is 17.5. The maximum atomic E-state index is 14.0. The monoisotopic (exact) mass is 334 g/mol. The van der Waals surface area contributed by atoms with E-state index < -0.39 is 17.3 Å². The summed E-state index contributed by atoms with van der Waals surface area (Å²) in [7, 11) is 1.33. The number of nitrogens with zero attached hydrogens (tertiary/aromatic N) is 2. The fourth-order valence-corrected chi connectivity index (χ4v) is 3.12. The van der Waals surface area contributed by atoms with E-state index in [2.05, 4.69) is 4.98 Å². The Kier molecular flexibility index (Phi) is 3.94. The maximum absolute atomic E-state index is 14.0. The number of alkyl halides is 2. The second kappa shape index (κ2) is 5.69. The fraction of sp³-hybridized carbons (Fsp3) is 0.444. The van der Waals surface area contributed by atoms with Crippen molar-refractivity contribution in [3.63, 3.8) is 0 Å². The van der Waals surface area contributed by atoms with Gasteiger partial charge >= 0.3 is 5.97 Å². The number of halogens is 2. The van der Waals surface area contributed by atoms with Gasteiger partial charge in [0.05, 0.1) is 18.2 Å². The van der Waals surface area contributed by atoms with Crippen LogP contribution < -0.4 is 4.90 Å². The van der Waals surface area contributed by atoms with Gasteiger partial charge in [-0.1, -0.05) is 13.8 Å². The molecule has 1 aliphatic heterocycles. The molecule has 3 rings (SSSR count). The maximum Gasteiger partial charge on any atom is 0.338 e. The zero-order valence-corrected chi connectivity index (χ0v) is 14.0. The normalized spacial score (nSPS) is 19.3. The number of rotatable bonds is 2. The molecule has 0 aliphatic carbocycles. The van der Waals surface area contributed by atoms with Gasteiger partial charge in [0.15, 0.2) is 0 Å². The van der Waals surface area contributed by atoms with E-state index in [1.807, 2.05) is 17.0 Å². The number of hydrogen-bond donors (Lipinski definition) is 0. The van der Waals surface area contributed by atoms with Gasteiger partial charge in [-0.15, -0.1) is 0 Å². The Balaban J connectivity index is 2.01. The number of fused-ring (bicyclic) bond motifs is 1. The van der Waals surface area contributed by atoms with E-state index in [0.29, 0.717) is 16.5 Å². The zero-order valence-electron chi connectivity index (χ0n) is 14.0. The largest absolute Gasteiger partial charge is 0.465 e. The third-order valence-electron chi connectivity index (χ3n) is 4.77. The van der Waals surface area contributed by atoms with Gasteiger partial charge in [0.25, 0.3) is 5.92 Å². The number of benzene rings is 1. The number of anilines is 1.